The summed E-state index contributed by atoms with van der Waals surface area (Å²) in [5.74, 6) is 0. The van der Waals surface area contributed by atoms with Gasteiger partial charge in [0.1, 0.15) is 0 Å². The molecule has 0 bridgehead atoms. The van der Waals surface area contributed by atoms with Gasteiger partial charge in [-0.2, -0.15) is 0 Å². The van der Waals surface area contributed by atoms with Gasteiger partial charge in [-0.25, -0.2) is 9.97 Å². The van der Waals surface area contributed by atoms with Crippen molar-refractivity contribution in [1.82, 2.24) is 9.97 Å². The molecule has 0 aliphatic heterocycles. The molecule has 3 aromatic carbocycles. The standard InChI is InChI=1S/C19H14N2/c1-13-15(14-7-3-2-4-8-14)11-12-18-19(13)21-17-10-6-5-9-16(17)20-18/h2-12H,1H3. The summed E-state index contributed by atoms with van der Waals surface area (Å²) < 4.78 is 0. The van der Waals surface area contributed by atoms with Crippen LogP contribution in [0.3, 0.4) is 0 Å². The summed E-state index contributed by atoms with van der Waals surface area (Å²) in [5.41, 5.74) is 7.42. The Balaban J connectivity index is 2.04. The zero-order chi connectivity index (χ0) is 14.2. The van der Waals surface area contributed by atoms with E-state index in [2.05, 4.69) is 43.3 Å². The van der Waals surface area contributed by atoms with Crippen LogP contribution in [0.4, 0.5) is 0 Å². The number of rotatable bonds is 1. The molecule has 0 fully saturated rings. The quantitative estimate of drug-likeness (QED) is 0.466. The van der Waals surface area contributed by atoms with E-state index in [1.165, 1.54) is 16.7 Å². The molecule has 0 radical (unpaired) electrons. The number of nitrogens with zero attached hydrogens (tertiary/aromatic N) is 2. The molecule has 1 heterocycles. The van der Waals surface area contributed by atoms with Gasteiger partial charge in [0.15, 0.2) is 0 Å². The molecular formula is C19H14N2. The minimum absolute atomic E-state index is 0.942. The van der Waals surface area contributed by atoms with Gasteiger partial charge in [0.25, 0.3) is 0 Å². The Morgan fingerprint density at radius 3 is 2.05 bits per heavy atom. The molecule has 0 N–H and O–H groups in total. The predicted octanol–water partition coefficient (Wildman–Crippen LogP) is 4.76. The maximum atomic E-state index is 4.80. The average molecular weight is 270 g/mol. The van der Waals surface area contributed by atoms with E-state index in [4.69, 9.17) is 9.97 Å². The van der Waals surface area contributed by atoms with E-state index < -0.39 is 0 Å². The van der Waals surface area contributed by atoms with Crippen LogP contribution in [0.25, 0.3) is 33.2 Å². The van der Waals surface area contributed by atoms with Crippen LogP contribution in [0.15, 0.2) is 66.7 Å². The number of fused-ring (bicyclic) bond motifs is 2. The van der Waals surface area contributed by atoms with Crippen LogP contribution in [0.5, 0.6) is 0 Å². The van der Waals surface area contributed by atoms with E-state index in [0.29, 0.717) is 0 Å². The summed E-state index contributed by atoms with van der Waals surface area (Å²) >= 11 is 0. The van der Waals surface area contributed by atoms with Crippen molar-refractivity contribution in [3.8, 4) is 11.1 Å². The number of aryl methyl sites for hydroxylation is 1. The van der Waals surface area contributed by atoms with Gasteiger partial charge in [0, 0.05) is 0 Å². The van der Waals surface area contributed by atoms with Crippen molar-refractivity contribution >= 4 is 22.1 Å². The second kappa shape index (κ2) is 4.67. The van der Waals surface area contributed by atoms with Gasteiger partial charge >= 0.3 is 0 Å². The third-order valence-corrected chi connectivity index (χ3v) is 3.85. The lowest BCUT2D eigenvalue weighted by Gasteiger charge is -2.09. The number of hydrogen-bond acceptors (Lipinski definition) is 2. The Kier molecular flexibility index (Phi) is 2.68. The Bertz CT molecular complexity index is 943. The number of para-hydroxylation sites is 2. The molecule has 2 heteroatoms. The smallest absolute Gasteiger partial charge is 0.0929 e. The van der Waals surface area contributed by atoms with Crippen molar-refractivity contribution < 1.29 is 0 Å². The highest BCUT2D eigenvalue weighted by atomic mass is 14.8. The highest BCUT2D eigenvalue weighted by molar-refractivity contribution is 5.91. The third kappa shape index (κ3) is 1.96. The molecule has 0 saturated heterocycles. The summed E-state index contributed by atoms with van der Waals surface area (Å²) in [4.78, 5) is 9.51. The largest absolute Gasteiger partial charge is 0.244 e. The fourth-order valence-corrected chi connectivity index (χ4v) is 2.75. The molecule has 2 nitrogen and oxygen atoms in total. The van der Waals surface area contributed by atoms with E-state index in [1.54, 1.807) is 0 Å². The molecular weight excluding hydrogens is 256 g/mol. The maximum absolute atomic E-state index is 4.80. The highest BCUT2D eigenvalue weighted by Gasteiger charge is 2.08. The van der Waals surface area contributed by atoms with Crippen LogP contribution < -0.4 is 0 Å². The Hall–Kier alpha value is -2.74. The minimum Gasteiger partial charge on any atom is -0.244 e. The summed E-state index contributed by atoms with van der Waals surface area (Å²) in [7, 11) is 0. The van der Waals surface area contributed by atoms with Crippen LogP contribution >= 0.6 is 0 Å². The first kappa shape index (κ1) is 12.0. The molecule has 0 unspecified atom stereocenters. The molecule has 4 aromatic rings. The zero-order valence-electron chi connectivity index (χ0n) is 11.7. The first-order valence-electron chi connectivity index (χ1n) is 7.04. The molecule has 0 aliphatic carbocycles. The summed E-state index contributed by atoms with van der Waals surface area (Å²) in [5, 5.41) is 0. The molecule has 0 saturated carbocycles. The van der Waals surface area contributed by atoms with Crippen molar-refractivity contribution in [1.29, 1.82) is 0 Å². The summed E-state index contributed by atoms with van der Waals surface area (Å²) in [6.07, 6.45) is 0. The molecule has 0 spiro atoms. The van der Waals surface area contributed by atoms with Crippen molar-refractivity contribution in [3.05, 3.63) is 72.3 Å². The van der Waals surface area contributed by atoms with Gasteiger partial charge in [-0.15, -0.1) is 0 Å². The van der Waals surface area contributed by atoms with Gasteiger partial charge in [-0.3, -0.25) is 0 Å². The van der Waals surface area contributed by atoms with E-state index >= 15 is 0 Å². The molecule has 0 aliphatic rings. The molecule has 0 amide bonds. The maximum Gasteiger partial charge on any atom is 0.0929 e. The predicted molar refractivity (Wildman–Crippen MR) is 87.2 cm³/mol. The van der Waals surface area contributed by atoms with Crippen molar-refractivity contribution in [3.63, 3.8) is 0 Å². The lowest BCUT2D eigenvalue weighted by atomic mass is 9.99. The Morgan fingerprint density at radius 1 is 0.619 bits per heavy atom. The lowest BCUT2D eigenvalue weighted by molar-refractivity contribution is 1.35. The van der Waals surface area contributed by atoms with Crippen molar-refractivity contribution in [2.24, 2.45) is 0 Å². The second-order valence-corrected chi connectivity index (χ2v) is 5.18. The van der Waals surface area contributed by atoms with Gasteiger partial charge in [-0.1, -0.05) is 48.5 Å². The Morgan fingerprint density at radius 2 is 1.29 bits per heavy atom. The van der Waals surface area contributed by atoms with E-state index in [1.807, 2.05) is 30.3 Å². The lowest BCUT2D eigenvalue weighted by Crippen LogP contribution is -1.92. The van der Waals surface area contributed by atoms with E-state index in [9.17, 15) is 0 Å². The van der Waals surface area contributed by atoms with Crippen molar-refractivity contribution in [2.75, 3.05) is 0 Å². The summed E-state index contributed by atoms with van der Waals surface area (Å²) in [6.45, 7) is 2.12. The van der Waals surface area contributed by atoms with Crippen LogP contribution in [0.2, 0.25) is 0 Å². The van der Waals surface area contributed by atoms with Gasteiger partial charge in [0.05, 0.1) is 22.1 Å². The second-order valence-electron chi connectivity index (χ2n) is 5.18. The molecule has 100 valence electrons. The molecule has 21 heavy (non-hydrogen) atoms. The van der Waals surface area contributed by atoms with E-state index in [-0.39, 0.29) is 0 Å². The van der Waals surface area contributed by atoms with Gasteiger partial charge < -0.3 is 0 Å². The highest BCUT2D eigenvalue weighted by Crippen LogP contribution is 2.28. The zero-order valence-corrected chi connectivity index (χ0v) is 11.7. The fourth-order valence-electron chi connectivity index (χ4n) is 2.75. The van der Waals surface area contributed by atoms with Crippen LogP contribution in [-0.2, 0) is 0 Å². The van der Waals surface area contributed by atoms with Crippen molar-refractivity contribution in [2.45, 2.75) is 6.92 Å². The minimum atomic E-state index is 0.942. The molecule has 4 rings (SSSR count). The SMILES string of the molecule is Cc1c(-c2ccccc2)ccc2nc3ccccc3nc12. The van der Waals surface area contributed by atoms with Gasteiger partial charge in [-0.05, 0) is 41.8 Å². The number of benzene rings is 3. The first-order chi connectivity index (χ1) is 10.3. The number of hydrogen-bond donors (Lipinski definition) is 0. The third-order valence-electron chi connectivity index (χ3n) is 3.85. The average Bonchev–Trinajstić information content (AvgIpc) is 2.55. The van der Waals surface area contributed by atoms with E-state index in [0.717, 1.165) is 22.1 Å². The van der Waals surface area contributed by atoms with Gasteiger partial charge in [0.2, 0.25) is 0 Å². The summed E-state index contributed by atoms with van der Waals surface area (Å²) in [6, 6.07) is 22.6. The molecule has 0 atom stereocenters. The monoisotopic (exact) mass is 270 g/mol. The number of aromatic nitrogens is 2. The van der Waals surface area contributed by atoms with Crippen LogP contribution in [0.1, 0.15) is 5.56 Å². The first-order valence-corrected chi connectivity index (χ1v) is 7.04. The normalized spacial score (nSPS) is 11.1. The van der Waals surface area contributed by atoms with Crippen LogP contribution in [0, 0.1) is 6.92 Å². The Labute approximate surface area is 123 Å². The van der Waals surface area contributed by atoms with Crippen LogP contribution in [-0.4, -0.2) is 9.97 Å². The molecule has 1 aromatic heterocycles. The fraction of sp³-hybridized carbons (Fsp3) is 0.0526. The topological polar surface area (TPSA) is 25.8 Å².